The summed E-state index contributed by atoms with van der Waals surface area (Å²) >= 11 is 0. The second kappa shape index (κ2) is 7.69. The normalized spacial score (nSPS) is 10.1. The van der Waals surface area contributed by atoms with E-state index in [1.807, 2.05) is 4.57 Å². The number of amides is 2. The van der Waals surface area contributed by atoms with E-state index in [9.17, 15) is 19.7 Å². The molecule has 0 bridgehead atoms. The Bertz CT molecular complexity index is 699. The summed E-state index contributed by atoms with van der Waals surface area (Å²) in [6.45, 7) is 1.01. The van der Waals surface area contributed by atoms with Gasteiger partial charge in [0.2, 0.25) is 0 Å². The Labute approximate surface area is 131 Å². The van der Waals surface area contributed by atoms with Gasteiger partial charge < -0.3 is 15.2 Å². The highest BCUT2D eigenvalue weighted by molar-refractivity contribution is 6.39. The van der Waals surface area contributed by atoms with Gasteiger partial charge in [-0.2, -0.15) is 0 Å². The van der Waals surface area contributed by atoms with Crippen molar-refractivity contribution in [3.63, 3.8) is 0 Å². The summed E-state index contributed by atoms with van der Waals surface area (Å²) < 4.78 is 1.86. The summed E-state index contributed by atoms with van der Waals surface area (Å²) in [4.78, 5) is 37.3. The Morgan fingerprint density at radius 2 is 2.13 bits per heavy atom. The summed E-state index contributed by atoms with van der Waals surface area (Å²) in [6, 6.07) is 5.38. The number of rotatable bonds is 6. The highest BCUT2D eigenvalue weighted by atomic mass is 16.6. The van der Waals surface area contributed by atoms with E-state index < -0.39 is 16.7 Å². The minimum absolute atomic E-state index is 0.163. The zero-order valence-electron chi connectivity index (χ0n) is 12.1. The quantitative estimate of drug-likeness (QED) is 0.355. The third-order valence-corrected chi connectivity index (χ3v) is 2.96. The number of nitrogens with one attached hydrogen (secondary N) is 2. The maximum absolute atomic E-state index is 11.7. The Hall–Kier alpha value is -3.23. The maximum atomic E-state index is 11.7. The van der Waals surface area contributed by atoms with Crippen LogP contribution in [0.4, 0.5) is 11.4 Å². The number of non-ortho nitro benzene ring substituents is 1. The fourth-order valence-corrected chi connectivity index (χ4v) is 1.85. The second-order valence-corrected chi connectivity index (χ2v) is 4.67. The molecule has 0 saturated heterocycles. The van der Waals surface area contributed by atoms with Gasteiger partial charge in [0.05, 0.1) is 11.3 Å². The summed E-state index contributed by atoms with van der Waals surface area (Å²) in [5.41, 5.74) is 0.0290. The lowest BCUT2D eigenvalue weighted by atomic mass is 10.3. The largest absolute Gasteiger partial charge is 0.348 e. The zero-order chi connectivity index (χ0) is 16.7. The molecular formula is C14H15N5O4. The summed E-state index contributed by atoms with van der Waals surface area (Å²) in [6.07, 6.45) is 5.77. The molecule has 2 N–H and O–H groups in total. The van der Waals surface area contributed by atoms with Gasteiger partial charge >= 0.3 is 11.8 Å². The van der Waals surface area contributed by atoms with Crippen LogP contribution < -0.4 is 10.6 Å². The van der Waals surface area contributed by atoms with Crippen LogP contribution in [0.3, 0.4) is 0 Å². The zero-order valence-corrected chi connectivity index (χ0v) is 12.1. The highest BCUT2D eigenvalue weighted by Gasteiger charge is 2.14. The van der Waals surface area contributed by atoms with E-state index in [1.165, 1.54) is 24.3 Å². The van der Waals surface area contributed by atoms with Crippen molar-refractivity contribution in [2.75, 3.05) is 11.9 Å². The Morgan fingerprint density at radius 3 is 2.83 bits per heavy atom. The number of anilines is 1. The van der Waals surface area contributed by atoms with Crippen molar-refractivity contribution in [1.29, 1.82) is 0 Å². The van der Waals surface area contributed by atoms with Crippen LogP contribution in [-0.2, 0) is 16.1 Å². The lowest BCUT2D eigenvalue weighted by Gasteiger charge is -2.07. The van der Waals surface area contributed by atoms with E-state index in [-0.39, 0.29) is 11.4 Å². The smallest absolute Gasteiger partial charge is 0.313 e. The monoisotopic (exact) mass is 317 g/mol. The van der Waals surface area contributed by atoms with E-state index in [1.54, 1.807) is 18.7 Å². The standard InChI is InChI=1S/C14H15N5O4/c20-13(16-5-2-7-18-8-6-15-10-18)14(21)17-11-3-1-4-12(9-11)19(22)23/h1,3-4,6,8-10H,2,5,7H2,(H,16,20)(H,17,21). The average molecular weight is 317 g/mol. The second-order valence-electron chi connectivity index (χ2n) is 4.67. The summed E-state index contributed by atoms with van der Waals surface area (Å²) in [7, 11) is 0. The van der Waals surface area contributed by atoms with Crippen molar-refractivity contribution in [2.45, 2.75) is 13.0 Å². The first kappa shape index (κ1) is 16.1. The van der Waals surface area contributed by atoms with Crippen molar-refractivity contribution in [1.82, 2.24) is 14.9 Å². The van der Waals surface area contributed by atoms with Crippen LogP contribution in [0.15, 0.2) is 43.0 Å². The van der Waals surface area contributed by atoms with Gasteiger partial charge in [-0.05, 0) is 12.5 Å². The third kappa shape index (κ3) is 4.92. The Balaban J connectivity index is 1.77. The van der Waals surface area contributed by atoms with Gasteiger partial charge in [-0.1, -0.05) is 6.07 Å². The summed E-state index contributed by atoms with van der Waals surface area (Å²) in [5.74, 6) is -1.66. The molecule has 2 aromatic rings. The van der Waals surface area contributed by atoms with Gasteiger partial charge in [-0.25, -0.2) is 4.98 Å². The third-order valence-electron chi connectivity index (χ3n) is 2.96. The molecule has 0 saturated carbocycles. The molecule has 0 spiro atoms. The molecule has 9 nitrogen and oxygen atoms in total. The predicted molar refractivity (Wildman–Crippen MR) is 81.6 cm³/mol. The predicted octanol–water partition coefficient (Wildman–Crippen LogP) is 0.936. The van der Waals surface area contributed by atoms with Gasteiger partial charge in [0.15, 0.2) is 0 Å². The lowest BCUT2D eigenvalue weighted by molar-refractivity contribution is -0.384. The molecule has 0 radical (unpaired) electrons. The molecule has 120 valence electrons. The van der Waals surface area contributed by atoms with E-state index in [0.29, 0.717) is 19.5 Å². The fourth-order valence-electron chi connectivity index (χ4n) is 1.85. The van der Waals surface area contributed by atoms with Crippen LogP contribution >= 0.6 is 0 Å². The van der Waals surface area contributed by atoms with Crippen LogP contribution in [0, 0.1) is 10.1 Å². The van der Waals surface area contributed by atoms with E-state index >= 15 is 0 Å². The Kier molecular flexibility index (Phi) is 5.40. The first-order chi connectivity index (χ1) is 11.1. The number of hydrogen-bond donors (Lipinski definition) is 2. The van der Waals surface area contributed by atoms with E-state index in [2.05, 4.69) is 15.6 Å². The molecule has 0 atom stereocenters. The molecule has 9 heteroatoms. The number of hydrogen-bond acceptors (Lipinski definition) is 5. The van der Waals surface area contributed by atoms with Gasteiger partial charge in [-0.3, -0.25) is 19.7 Å². The van der Waals surface area contributed by atoms with Crippen molar-refractivity contribution >= 4 is 23.2 Å². The van der Waals surface area contributed by atoms with Gasteiger partial charge in [0, 0.05) is 43.3 Å². The first-order valence-electron chi connectivity index (χ1n) is 6.85. The van der Waals surface area contributed by atoms with Gasteiger partial charge in [0.1, 0.15) is 0 Å². The van der Waals surface area contributed by atoms with Crippen molar-refractivity contribution < 1.29 is 14.5 Å². The lowest BCUT2D eigenvalue weighted by Crippen LogP contribution is -2.36. The van der Waals surface area contributed by atoms with Crippen molar-refractivity contribution in [3.05, 3.63) is 53.1 Å². The molecule has 1 heterocycles. The first-order valence-corrected chi connectivity index (χ1v) is 6.85. The molecule has 1 aromatic heterocycles. The number of nitro benzene ring substituents is 1. The molecule has 0 unspecified atom stereocenters. The van der Waals surface area contributed by atoms with Crippen LogP contribution in [0.25, 0.3) is 0 Å². The van der Waals surface area contributed by atoms with Crippen LogP contribution in [0.5, 0.6) is 0 Å². The number of imidazole rings is 1. The van der Waals surface area contributed by atoms with Crippen molar-refractivity contribution in [2.24, 2.45) is 0 Å². The molecule has 2 rings (SSSR count). The number of nitro groups is 1. The number of aromatic nitrogens is 2. The topological polar surface area (TPSA) is 119 Å². The van der Waals surface area contributed by atoms with Crippen LogP contribution in [0.2, 0.25) is 0 Å². The van der Waals surface area contributed by atoms with E-state index in [4.69, 9.17) is 0 Å². The number of carbonyl (C=O) groups excluding carboxylic acids is 2. The molecule has 1 aromatic carbocycles. The molecule has 2 amide bonds. The Morgan fingerprint density at radius 1 is 1.30 bits per heavy atom. The number of benzene rings is 1. The average Bonchev–Trinajstić information content (AvgIpc) is 3.05. The SMILES string of the molecule is O=C(NCCCn1ccnc1)C(=O)Nc1cccc([N+](=O)[O-])c1. The minimum atomic E-state index is -0.867. The fraction of sp³-hybridized carbons (Fsp3) is 0.214. The van der Waals surface area contributed by atoms with Crippen molar-refractivity contribution in [3.8, 4) is 0 Å². The maximum Gasteiger partial charge on any atom is 0.313 e. The summed E-state index contributed by atoms with van der Waals surface area (Å²) in [5, 5.41) is 15.5. The molecule has 0 fully saturated rings. The number of aryl methyl sites for hydroxylation is 1. The van der Waals surface area contributed by atoms with Gasteiger partial charge in [0.25, 0.3) is 5.69 Å². The van der Waals surface area contributed by atoms with Gasteiger partial charge in [-0.15, -0.1) is 0 Å². The van der Waals surface area contributed by atoms with Crippen LogP contribution in [-0.4, -0.2) is 32.8 Å². The minimum Gasteiger partial charge on any atom is -0.348 e. The van der Waals surface area contributed by atoms with E-state index in [0.717, 1.165) is 0 Å². The number of nitrogens with zero attached hydrogens (tertiary/aromatic N) is 3. The molecule has 0 aliphatic carbocycles. The molecule has 23 heavy (non-hydrogen) atoms. The number of carbonyl (C=O) groups is 2. The highest BCUT2D eigenvalue weighted by Crippen LogP contribution is 2.16. The molecule has 0 aliphatic heterocycles. The molecular weight excluding hydrogens is 302 g/mol. The van der Waals surface area contributed by atoms with Crippen LogP contribution in [0.1, 0.15) is 6.42 Å². The molecule has 0 aliphatic rings.